The topological polar surface area (TPSA) is 75.7 Å². The minimum Gasteiger partial charge on any atom is -0.379 e. The van der Waals surface area contributed by atoms with Crippen LogP contribution in [0.1, 0.15) is 11.1 Å². The lowest BCUT2D eigenvalue weighted by Crippen LogP contribution is -2.40. The van der Waals surface area contributed by atoms with Crippen LogP contribution in [0.2, 0.25) is 0 Å². The molecular formula is C19H18F4N2O4S. The van der Waals surface area contributed by atoms with Crippen LogP contribution in [0.4, 0.5) is 23.2 Å². The molecule has 3 rings (SSSR count). The van der Waals surface area contributed by atoms with Gasteiger partial charge in [-0.1, -0.05) is 12.1 Å². The second-order valence-electron chi connectivity index (χ2n) is 6.58. The molecule has 11 heteroatoms. The van der Waals surface area contributed by atoms with Crippen molar-refractivity contribution in [2.24, 2.45) is 0 Å². The van der Waals surface area contributed by atoms with E-state index in [1.165, 1.54) is 18.2 Å². The van der Waals surface area contributed by atoms with E-state index in [1.54, 1.807) is 0 Å². The van der Waals surface area contributed by atoms with Crippen LogP contribution >= 0.6 is 0 Å². The number of amides is 1. The van der Waals surface area contributed by atoms with Crippen molar-refractivity contribution >= 4 is 21.6 Å². The standard InChI is InChI=1S/C19H18F4N2O4S/c20-16-6-5-15(12-17(16)30(27,28)25-7-9-29-10-8-25)24-18(26)11-13-1-3-14(4-2-13)19(21,22)23/h1-6,12H,7-11H2,(H,24,26). The fourth-order valence-corrected chi connectivity index (χ4v) is 4.41. The SMILES string of the molecule is O=C(Cc1ccc(C(F)(F)F)cc1)Nc1ccc(F)c(S(=O)(=O)N2CCOCC2)c1. The second kappa shape index (κ2) is 8.70. The van der Waals surface area contributed by atoms with Crippen molar-refractivity contribution in [2.45, 2.75) is 17.5 Å². The van der Waals surface area contributed by atoms with Crippen LogP contribution < -0.4 is 5.32 Å². The average Bonchev–Trinajstić information content (AvgIpc) is 2.69. The monoisotopic (exact) mass is 446 g/mol. The predicted molar refractivity (Wildman–Crippen MR) is 99.8 cm³/mol. The first-order chi connectivity index (χ1) is 14.1. The number of ether oxygens (including phenoxy) is 1. The van der Waals surface area contributed by atoms with E-state index in [-0.39, 0.29) is 38.4 Å². The van der Waals surface area contributed by atoms with Gasteiger partial charge in [-0.3, -0.25) is 4.79 Å². The third kappa shape index (κ3) is 5.15. The summed E-state index contributed by atoms with van der Waals surface area (Å²) in [6, 6.07) is 7.26. The van der Waals surface area contributed by atoms with Gasteiger partial charge in [0.15, 0.2) is 0 Å². The van der Waals surface area contributed by atoms with Crippen LogP contribution in [0.15, 0.2) is 47.4 Å². The largest absolute Gasteiger partial charge is 0.416 e. The Kier molecular flexibility index (Phi) is 6.44. The van der Waals surface area contributed by atoms with Gasteiger partial charge in [0.1, 0.15) is 10.7 Å². The highest BCUT2D eigenvalue weighted by atomic mass is 32.2. The third-order valence-electron chi connectivity index (χ3n) is 4.45. The smallest absolute Gasteiger partial charge is 0.379 e. The summed E-state index contributed by atoms with van der Waals surface area (Å²) < 4.78 is 83.6. The summed E-state index contributed by atoms with van der Waals surface area (Å²) in [5.74, 6) is -1.54. The quantitative estimate of drug-likeness (QED) is 0.717. The Balaban J connectivity index is 1.72. The van der Waals surface area contributed by atoms with Crippen LogP contribution in [0.3, 0.4) is 0 Å². The number of anilines is 1. The summed E-state index contributed by atoms with van der Waals surface area (Å²) in [4.78, 5) is 11.6. The number of hydrogen-bond donors (Lipinski definition) is 1. The normalized spacial score (nSPS) is 15.7. The Morgan fingerprint density at radius 3 is 2.30 bits per heavy atom. The number of carbonyl (C=O) groups is 1. The lowest BCUT2D eigenvalue weighted by Gasteiger charge is -2.26. The van der Waals surface area contributed by atoms with Gasteiger partial charge in [-0.2, -0.15) is 17.5 Å². The van der Waals surface area contributed by atoms with Gasteiger partial charge in [-0.15, -0.1) is 0 Å². The molecule has 6 nitrogen and oxygen atoms in total. The number of alkyl halides is 3. The van der Waals surface area contributed by atoms with E-state index >= 15 is 0 Å². The first kappa shape index (κ1) is 22.2. The number of nitrogens with one attached hydrogen (secondary N) is 1. The second-order valence-corrected chi connectivity index (χ2v) is 8.49. The van der Waals surface area contributed by atoms with Crippen molar-refractivity contribution in [2.75, 3.05) is 31.6 Å². The molecule has 1 amide bonds. The van der Waals surface area contributed by atoms with Crippen LogP contribution in [-0.2, 0) is 32.2 Å². The van der Waals surface area contributed by atoms with Gasteiger partial charge in [-0.05, 0) is 35.9 Å². The van der Waals surface area contributed by atoms with Crippen molar-refractivity contribution in [3.05, 3.63) is 59.4 Å². The molecule has 1 N–H and O–H groups in total. The molecule has 1 fully saturated rings. The number of halogens is 4. The first-order valence-electron chi connectivity index (χ1n) is 8.91. The van der Waals surface area contributed by atoms with Crippen molar-refractivity contribution in [3.8, 4) is 0 Å². The molecule has 0 atom stereocenters. The molecule has 162 valence electrons. The Morgan fingerprint density at radius 1 is 1.07 bits per heavy atom. The number of hydrogen-bond acceptors (Lipinski definition) is 4. The number of carbonyl (C=O) groups excluding carboxylic acids is 1. The Labute approximate surface area is 170 Å². The van der Waals surface area contributed by atoms with Crippen LogP contribution in [0.5, 0.6) is 0 Å². The van der Waals surface area contributed by atoms with Gasteiger partial charge in [-0.25, -0.2) is 12.8 Å². The number of rotatable bonds is 5. The maximum absolute atomic E-state index is 14.2. The minimum atomic E-state index is -4.47. The molecule has 2 aromatic rings. The number of morpholine rings is 1. The van der Waals surface area contributed by atoms with E-state index < -0.39 is 38.4 Å². The van der Waals surface area contributed by atoms with Crippen molar-refractivity contribution in [1.29, 1.82) is 0 Å². The zero-order valence-electron chi connectivity index (χ0n) is 15.6. The molecule has 2 aromatic carbocycles. The molecule has 1 saturated heterocycles. The molecule has 0 aliphatic carbocycles. The Bertz CT molecular complexity index is 1020. The molecule has 0 spiro atoms. The van der Waals surface area contributed by atoms with Gasteiger partial charge in [0.05, 0.1) is 25.2 Å². The molecule has 0 radical (unpaired) electrons. The van der Waals surface area contributed by atoms with E-state index in [9.17, 15) is 30.8 Å². The fourth-order valence-electron chi connectivity index (χ4n) is 2.91. The molecule has 1 heterocycles. The summed E-state index contributed by atoms with van der Waals surface area (Å²) in [6.07, 6.45) is -4.71. The number of sulfonamides is 1. The van der Waals surface area contributed by atoms with Gasteiger partial charge in [0.2, 0.25) is 15.9 Å². The van der Waals surface area contributed by atoms with Crippen LogP contribution in [0, 0.1) is 5.82 Å². The van der Waals surface area contributed by atoms with E-state index in [4.69, 9.17) is 4.74 Å². The molecule has 0 saturated carbocycles. The highest BCUT2D eigenvalue weighted by Crippen LogP contribution is 2.29. The van der Waals surface area contributed by atoms with Crippen LogP contribution in [0.25, 0.3) is 0 Å². The molecule has 0 bridgehead atoms. The van der Waals surface area contributed by atoms with Gasteiger partial charge < -0.3 is 10.1 Å². The molecule has 30 heavy (non-hydrogen) atoms. The summed E-state index contributed by atoms with van der Waals surface area (Å²) in [5, 5.41) is 2.44. The Hall–Kier alpha value is -2.50. The minimum absolute atomic E-state index is 0.0557. The van der Waals surface area contributed by atoms with E-state index in [2.05, 4.69) is 5.32 Å². The molecule has 1 aliphatic heterocycles. The first-order valence-corrected chi connectivity index (χ1v) is 10.3. The maximum atomic E-state index is 14.2. The summed E-state index contributed by atoms with van der Waals surface area (Å²) in [6.45, 7) is 0.577. The van der Waals surface area contributed by atoms with Gasteiger partial charge >= 0.3 is 6.18 Å². The van der Waals surface area contributed by atoms with Crippen molar-refractivity contribution in [1.82, 2.24) is 4.31 Å². The molecule has 0 unspecified atom stereocenters. The molecule has 0 aromatic heterocycles. The molecule has 1 aliphatic rings. The van der Waals surface area contributed by atoms with E-state index in [0.717, 1.165) is 28.6 Å². The lowest BCUT2D eigenvalue weighted by molar-refractivity contribution is -0.137. The van der Waals surface area contributed by atoms with Crippen molar-refractivity contribution < 1.29 is 35.5 Å². The zero-order chi connectivity index (χ0) is 21.9. The van der Waals surface area contributed by atoms with E-state index in [1.807, 2.05) is 0 Å². The lowest BCUT2D eigenvalue weighted by atomic mass is 10.1. The average molecular weight is 446 g/mol. The number of benzene rings is 2. The van der Waals surface area contributed by atoms with Crippen LogP contribution in [-0.4, -0.2) is 44.9 Å². The van der Waals surface area contributed by atoms with Gasteiger partial charge in [0.25, 0.3) is 0 Å². The highest BCUT2D eigenvalue weighted by Gasteiger charge is 2.30. The number of nitrogens with zero attached hydrogens (tertiary/aromatic N) is 1. The zero-order valence-corrected chi connectivity index (χ0v) is 16.4. The Morgan fingerprint density at radius 2 is 1.70 bits per heavy atom. The third-order valence-corrected chi connectivity index (χ3v) is 6.36. The molecular weight excluding hydrogens is 428 g/mol. The van der Waals surface area contributed by atoms with Crippen molar-refractivity contribution in [3.63, 3.8) is 0 Å². The maximum Gasteiger partial charge on any atom is 0.416 e. The predicted octanol–water partition coefficient (Wildman–Crippen LogP) is 3.05. The summed E-state index contributed by atoms with van der Waals surface area (Å²) in [5.41, 5.74) is -0.438. The highest BCUT2D eigenvalue weighted by molar-refractivity contribution is 7.89. The van der Waals surface area contributed by atoms with Gasteiger partial charge in [0, 0.05) is 18.8 Å². The van der Waals surface area contributed by atoms with E-state index in [0.29, 0.717) is 5.56 Å². The summed E-state index contributed by atoms with van der Waals surface area (Å²) in [7, 11) is -4.11. The summed E-state index contributed by atoms with van der Waals surface area (Å²) >= 11 is 0. The fraction of sp³-hybridized carbons (Fsp3) is 0.316.